The molecule has 0 saturated carbocycles. The van der Waals surface area contributed by atoms with Gasteiger partial charge >= 0.3 is 0 Å². The highest BCUT2D eigenvalue weighted by Gasteiger charge is 2.33. The number of carbonyl (C=O) groups is 2. The van der Waals surface area contributed by atoms with Crippen LogP contribution in [0.2, 0.25) is 0 Å². The number of piperidine rings is 1. The van der Waals surface area contributed by atoms with Crippen LogP contribution in [-0.2, 0) is 4.79 Å². The van der Waals surface area contributed by atoms with E-state index in [1.807, 2.05) is 25.3 Å². The van der Waals surface area contributed by atoms with Crippen molar-refractivity contribution in [1.29, 1.82) is 0 Å². The van der Waals surface area contributed by atoms with Crippen LogP contribution in [0.3, 0.4) is 0 Å². The second-order valence-corrected chi connectivity index (χ2v) is 6.14. The monoisotopic (exact) mass is 292 g/mol. The van der Waals surface area contributed by atoms with Gasteiger partial charge < -0.3 is 20.9 Å². The van der Waals surface area contributed by atoms with Gasteiger partial charge in [-0.25, -0.2) is 0 Å². The van der Waals surface area contributed by atoms with Crippen LogP contribution in [0.5, 0.6) is 0 Å². The van der Waals surface area contributed by atoms with Crippen LogP contribution in [0.15, 0.2) is 12.3 Å². The number of nitrogens with zero attached hydrogens (tertiary/aromatic N) is 2. The molecule has 0 aromatic carbocycles. The smallest absolute Gasteiger partial charge is 0.270 e. The molecule has 1 aromatic rings. The van der Waals surface area contributed by atoms with Crippen LogP contribution in [-0.4, -0.2) is 33.9 Å². The van der Waals surface area contributed by atoms with E-state index < -0.39 is 0 Å². The van der Waals surface area contributed by atoms with Gasteiger partial charge in [-0.3, -0.25) is 9.59 Å². The maximum absolute atomic E-state index is 12.8. The molecule has 1 fully saturated rings. The molecular weight excluding hydrogens is 268 g/mol. The van der Waals surface area contributed by atoms with E-state index in [-0.39, 0.29) is 29.8 Å². The minimum absolute atomic E-state index is 0.0844. The van der Waals surface area contributed by atoms with E-state index in [2.05, 4.69) is 0 Å². The Morgan fingerprint density at radius 3 is 2.57 bits per heavy atom. The Morgan fingerprint density at radius 2 is 2.00 bits per heavy atom. The number of likely N-dealkylation sites (tertiary alicyclic amines) is 1. The number of anilines is 1. The van der Waals surface area contributed by atoms with Crippen molar-refractivity contribution in [3.63, 3.8) is 0 Å². The van der Waals surface area contributed by atoms with Crippen LogP contribution in [0.25, 0.3) is 0 Å². The average Bonchev–Trinajstić information content (AvgIpc) is 2.80. The maximum Gasteiger partial charge on any atom is 0.270 e. The molecule has 2 rings (SSSR count). The van der Waals surface area contributed by atoms with Crippen molar-refractivity contribution in [1.82, 2.24) is 9.47 Å². The zero-order valence-electron chi connectivity index (χ0n) is 12.9. The molecule has 6 nitrogen and oxygen atoms in total. The van der Waals surface area contributed by atoms with Crippen LogP contribution >= 0.6 is 0 Å². The molecule has 2 heterocycles. The van der Waals surface area contributed by atoms with Gasteiger partial charge in [-0.05, 0) is 39.7 Å². The third kappa shape index (κ3) is 3.04. The number of aromatic nitrogens is 1. The van der Waals surface area contributed by atoms with Crippen molar-refractivity contribution >= 4 is 17.5 Å². The van der Waals surface area contributed by atoms with Crippen LogP contribution in [0.4, 0.5) is 5.69 Å². The lowest BCUT2D eigenvalue weighted by Gasteiger charge is -2.37. The molecule has 2 amide bonds. The minimum Gasteiger partial charge on any atom is -0.397 e. The van der Waals surface area contributed by atoms with E-state index in [1.165, 1.54) is 0 Å². The zero-order chi connectivity index (χ0) is 15.7. The van der Waals surface area contributed by atoms with Crippen molar-refractivity contribution in [2.24, 2.45) is 11.7 Å². The molecule has 6 heteroatoms. The fraction of sp³-hybridized carbons (Fsp3) is 0.600. The summed E-state index contributed by atoms with van der Waals surface area (Å²) in [6.07, 6.45) is 3.31. The topological polar surface area (TPSA) is 94.3 Å². The Morgan fingerprint density at radius 1 is 1.33 bits per heavy atom. The lowest BCUT2D eigenvalue weighted by atomic mass is 9.92. The number of carbonyl (C=O) groups excluding carboxylic acids is 2. The number of nitrogens with two attached hydrogens (primary N) is 2. The van der Waals surface area contributed by atoms with Gasteiger partial charge in [0.05, 0.1) is 11.6 Å². The van der Waals surface area contributed by atoms with Gasteiger partial charge in [0.1, 0.15) is 5.69 Å². The van der Waals surface area contributed by atoms with E-state index in [0.717, 1.165) is 12.8 Å². The van der Waals surface area contributed by atoms with Crippen molar-refractivity contribution in [2.45, 2.75) is 45.7 Å². The van der Waals surface area contributed by atoms with Crippen molar-refractivity contribution < 1.29 is 9.59 Å². The lowest BCUT2D eigenvalue weighted by Crippen LogP contribution is -2.49. The second kappa shape index (κ2) is 5.79. The van der Waals surface area contributed by atoms with Crippen molar-refractivity contribution in [3.05, 3.63) is 18.0 Å². The summed E-state index contributed by atoms with van der Waals surface area (Å²) in [5.74, 6) is -0.678. The number of hydrogen-bond donors (Lipinski definition) is 2. The maximum atomic E-state index is 12.8. The molecule has 4 N–H and O–H groups in total. The van der Waals surface area contributed by atoms with Crippen molar-refractivity contribution in [2.75, 3.05) is 12.3 Å². The third-order valence-corrected chi connectivity index (χ3v) is 4.19. The molecule has 2 unspecified atom stereocenters. The Bertz CT molecular complexity index is 550. The van der Waals surface area contributed by atoms with E-state index in [9.17, 15) is 9.59 Å². The predicted octanol–water partition coefficient (Wildman–Crippen LogP) is 1.38. The standard InChI is InChI=1S/C15H24N4O2/c1-9(2)18-8-12(16)6-13(18)15(21)19-7-11(14(17)20)5-4-10(19)3/h6,8-11H,4-5,7,16H2,1-3H3,(H2,17,20). The number of nitrogen functional groups attached to an aromatic ring is 1. The fourth-order valence-corrected chi connectivity index (χ4v) is 2.87. The van der Waals surface area contributed by atoms with Crippen molar-refractivity contribution in [3.8, 4) is 0 Å². The Kier molecular flexibility index (Phi) is 4.25. The average molecular weight is 292 g/mol. The number of hydrogen-bond acceptors (Lipinski definition) is 3. The molecular formula is C15H24N4O2. The summed E-state index contributed by atoms with van der Waals surface area (Å²) in [5.41, 5.74) is 12.4. The molecule has 0 bridgehead atoms. The van der Waals surface area contributed by atoms with E-state index in [0.29, 0.717) is 17.9 Å². The van der Waals surface area contributed by atoms with Gasteiger partial charge in [-0.2, -0.15) is 0 Å². The number of primary amides is 1. The summed E-state index contributed by atoms with van der Waals surface area (Å²) in [6.45, 7) is 6.39. The summed E-state index contributed by atoms with van der Waals surface area (Å²) < 4.78 is 1.87. The molecule has 0 aliphatic carbocycles. The molecule has 1 aliphatic rings. The zero-order valence-corrected chi connectivity index (χ0v) is 12.9. The molecule has 1 saturated heterocycles. The Balaban J connectivity index is 2.27. The molecule has 1 aromatic heterocycles. The summed E-state index contributed by atoms with van der Waals surface area (Å²) in [6, 6.07) is 1.95. The normalized spacial score (nSPS) is 22.6. The first kappa shape index (κ1) is 15.4. The molecule has 0 spiro atoms. The first-order valence-electron chi connectivity index (χ1n) is 7.39. The molecule has 21 heavy (non-hydrogen) atoms. The summed E-state index contributed by atoms with van der Waals surface area (Å²) in [5, 5.41) is 0. The fourth-order valence-electron chi connectivity index (χ4n) is 2.87. The van der Waals surface area contributed by atoms with Crippen LogP contribution in [0, 0.1) is 5.92 Å². The molecule has 116 valence electrons. The number of amides is 2. The van der Waals surface area contributed by atoms with Gasteiger partial charge in [0.15, 0.2) is 0 Å². The van der Waals surface area contributed by atoms with E-state index >= 15 is 0 Å². The van der Waals surface area contributed by atoms with Gasteiger partial charge in [-0.1, -0.05) is 0 Å². The summed E-state index contributed by atoms with van der Waals surface area (Å²) >= 11 is 0. The van der Waals surface area contributed by atoms with Gasteiger partial charge in [0.2, 0.25) is 5.91 Å². The summed E-state index contributed by atoms with van der Waals surface area (Å²) in [7, 11) is 0. The van der Waals surface area contributed by atoms with Gasteiger partial charge in [0, 0.05) is 24.8 Å². The predicted molar refractivity (Wildman–Crippen MR) is 81.6 cm³/mol. The Labute approximate surface area is 125 Å². The first-order valence-corrected chi connectivity index (χ1v) is 7.39. The van der Waals surface area contributed by atoms with Gasteiger partial charge in [0.25, 0.3) is 5.91 Å². The lowest BCUT2D eigenvalue weighted by molar-refractivity contribution is -0.123. The van der Waals surface area contributed by atoms with E-state index in [1.54, 1.807) is 17.2 Å². The van der Waals surface area contributed by atoms with Gasteiger partial charge in [-0.15, -0.1) is 0 Å². The molecule has 0 radical (unpaired) electrons. The highest BCUT2D eigenvalue weighted by Crippen LogP contribution is 2.25. The quantitative estimate of drug-likeness (QED) is 0.881. The Hall–Kier alpha value is -1.98. The molecule has 1 aliphatic heterocycles. The van der Waals surface area contributed by atoms with E-state index in [4.69, 9.17) is 11.5 Å². The minimum atomic E-state index is -0.335. The highest BCUT2D eigenvalue weighted by molar-refractivity contribution is 5.94. The first-order chi connectivity index (χ1) is 9.81. The third-order valence-electron chi connectivity index (χ3n) is 4.19. The summed E-state index contributed by atoms with van der Waals surface area (Å²) in [4.78, 5) is 26.0. The highest BCUT2D eigenvalue weighted by atomic mass is 16.2. The number of rotatable bonds is 3. The molecule has 2 atom stereocenters. The SMILES string of the molecule is CC1CCC(C(N)=O)CN1C(=O)c1cc(N)cn1C(C)C. The second-order valence-electron chi connectivity index (χ2n) is 6.14. The van der Waals surface area contributed by atoms with Crippen LogP contribution in [0.1, 0.15) is 50.1 Å². The largest absolute Gasteiger partial charge is 0.397 e. The van der Waals surface area contributed by atoms with Crippen LogP contribution < -0.4 is 11.5 Å².